The van der Waals surface area contributed by atoms with Crippen molar-refractivity contribution in [3.05, 3.63) is 34.9 Å². The highest BCUT2D eigenvalue weighted by Gasteiger charge is 2.04. The van der Waals surface area contributed by atoms with Crippen molar-refractivity contribution in [2.75, 3.05) is 0 Å². The number of carbonyl (C=O) groups excluding carboxylic acids is 1. The van der Waals surface area contributed by atoms with Crippen molar-refractivity contribution in [3.63, 3.8) is 0 Å². The van der Waals surface area contributed by atoms with Crippen molar-refractivity contribution in [2.45, 2.75) is 25.7 Å². The largest absolute Gasteiger partial charge is 0.294 e. The molecule has 0 aliphatic heterocycles. The lowest BCUT2D eigenvalue weighted by molar-refractivity contribution is 0.0979. The van der Waals surface area contributed by atoms with E-state index in [1.165, 1.54) is 0 Å². The van der Waals surface area contributed by atoms with Gasteiger partial charge in [-0.3, -0.25) is 4.79 Å². The first kappa shape index (κ1) is 11.7. The highest BCUT2D eigenvalue weighted by molar-refractivity contribution is 6.30. The summed E-state index contributed by atoms with van der Waals surface area (Å²) in [7, 11) is 0. The van der Waals surface area contributed by atoms with E-state index in [1.54, 1.807) is 24.3 Å². The van der Waals surface area contributed by atoms with E-state index in [-0.39, 0.29) is 5.78 Å². The topological polar surface area (TPSA) is 40.9 Å². The molecular weight excluding hydrogens is 210 g/mol. The lowest BCUT2D eigenvalue weighted by atomic mass is 10.1. The van der Waals surface area contributed by atoms with Gasteiger partial charge in [-0.25, -0.2) is 0 Å². The zero-order valence-corrected chi connectivity index (χ0v) is 9.13. The normalized spacial score (nSPS) is 9.60. The number of nitrogens with zero attached hydrogens (tertiary/aromatic N) is 1. The predicted molar refractivity (Wildman–Crippen MR) is 59.9 cm³/mol. The second-order valence-corrected chi connectivity index (χ2v) is 3.73. The van der Waals surface area contributed by atoms with Crippen LogP contribution in [0.3, 0.4) is 0 Å². The van der Waals surface area contributed by atoms with Gasteiger partial charge in [0.1, 0.15) is 0 Å². The minimum Gasteiger partial charge on any atom is -0.294 e. The van der Waals surface area contributed by atoms with E-state index in [0.29, 0.717) is 23.4 Å². The number of rotatable bonds is 5. The molecule has 1 aromatic carbocycles. The Kier molecular flexibility index (Phi) is 4.86. The number of nitriles is 1. The molecule has 0 bridgehead atoms. The Balaban J connectivity index is 2.41. The van der Waals surface area contributed by atoms with Gasteiger partial charge in [0.15, 0.2) is 5.78 Å². The quantitative estimate of drug-likeness (QED) is 0.563. The standard InChI is InChI=1S/C12H12ClNO/c13-11-7-5-10(6-8-11)12(15)4-2-1-3-9-14/h5-8H,1-4H2. The maximum Gasteiger partial charge on any atom is 0.162 e. The summed E-state index contributed by atoms with van der Waals surface area (Å²) in [5.74, 6) is 0.115. The van der Waals surface area contributed by atoms with Crippen LogP contribution in [0.2, 0.25) is 5.02 Å². The molecule has 0 amide bonds. The molecular formula is C12H12ClNO. The zero-order valence-electron chi connectivity index (χ0n) is 8.37. The molecule has 0 saturated heterocycles. The second kappa shape index (κ2) is 6.21. The summed E-state index contributed by atoms with van der Waals surface area (Å²) >= 11 is 5.71. The molecule has 0 heterocycles. The van der Waals surface area contributed by atoms with Gasteiger partial charge in [-0.15, -0.1) is 0 Å². The Morgan fingerprint density at radius 3 is 2.53 bits per heavy atom. The van der Waals surface area contributed by atoms with Crippen molar-refractivity contribution >= 4 is 17.4 Å². The van der Waals surface area contributed by atoms with Gasteiger partial charge >= 0.3 is 0 Å². The van der Waals surface area contributed by atoms with E-state index >= 15 is 0 Å². The highest BCUT2D eigenvalue weighted by atomic mass is 35.5. The van der Waals surface area contributed by atoms with Gasteiger partial charge < -0.3 is 0 Å². The van der Waals surface area contributed by atoms with Gasteiger partial charge in [0.25, 0.3) is 0 Å². The van der Waals surface area contributed by atoms with Crippen LogP contribution in [0.25, 0.3) is 0 Å². The number of Topliss-reactive ketones (excluding diaryl/α,β-unsaturated/α-hetero) is 1. The molecule has 15 heavy (non-hydrogen) atoms. The molecule has 1 aromatic rings. The fourth-order valence-electron chi connectivity index (χ4n) is 1.27. The Bertz CT molecular complexity index is 364. The van der Waals surface area contributed by atoms with Gasteiger partial charge in [0.2, 0.25) is 0 Å². The lowest BCUT2D eigenvalue weighted by Crippen LogP contribution is -1.98. The third kappa shape index (κ3) is 4.14. The molecule has 0 radical (unpaired) electrons. The van der Waals surface area contributed by atoms with Gasteiger partial charge in [-0.05, 0) is 37.1 Å². The molecule has 0 aliphatic carbocycles. The van der Waals surface area contributed by atoms with Crippen LogP contribution in [0.1, 0.15) is 36.0 Å². The molecule has 3 heteroatoms. The van der Waals surface area contributed by atoms with Crippen LogP contribution in [-0.2, 0) is 0 Å². The first-order valence-corrected chi connectivity index (χ1v) is 5.27. The summed E-state index contributed by atoms with van der Waals surface area (Å²) < 4.78 is 0. The van der Waals surface area contributed by atoms with E-state index in [4.69, 9.17) is 16.9 Å². The molecule has 0 aromatic heterocycles. The minimum absolute atomic E-state index is 0.115. The summed E-state index contributed by atoms with van der Waals surface area (Å²) in [5, 5.41) is 8.96. The van der Waals surface area contributed by atoms with Crippen LogP contribution in [0.5, 0.6) is 0 Å². The average molecular weight is 222 g/mol. The lowest BCUT2D eigenvalue weighted by Gasteiger charge is -1.99. The Morgan fingerprint density at radius 1 is 1.27 bits per heavy atom. The van der Waals surface area contributed by atoms with Gasteiger partial charge in [0, 0.05) is 23.4 Å². The van der Waals surface area contributed by atoms with Crippen molar-refractivity contribution < 1.29 is 4.79 Å². The fourth-order valence-corrected chi connectivity index (χ4v) is 1.40. The average Bonchev–Trinajstić information content (AvgIpc) is 2.25. The number of benzene rings is 1. The van der Waals surface area contributed by atoms with E-state index in [1.807, 2.05) is 0 Å². The summed E-state index contributed by atoms with van der Waals surface area (Å²) in [6.45, 7) is 0. The van der Waals surface area contributed by atoms with Crippen molar-refractivity contribution in [3.8, 4) is 6.07 Å². The molecule has 78 valence electrons. The van der Waals surface area contributed by atoms with Gasteiger partial charge in [-0.1, -0.05) is 11.6 Å². The smallest absolute Gasteiger partial charge is 0.162 e. The van der Waals surface area contributed by atoms with Crippen molar-refractivity contribution in [1.29, 1.82) is 5.26 Å². The predicted octanol–water partition coefficient (Wildman–Crippen LogP) is 3.61. The van der Waals surface area contributed by atoms with Crippen LogP contribution in [0, 0.1) is 11.3 Å². The molecule has 0 spiro atoms. The van der Waals surface area contributed by atoms with E-state index in [0.717, 1.165) is 12.8 Å². The molecule has 0 atom stereocenters. The van der Waals surface area contributed by atoms with Gasteiger partial charge in [0.05, 0.1) is 6.07 Å². The molecule has 0 unspecified atom stereocenters. The third-order valence-corrected chi connectivity index (χ3v) is 2.36. The molecule has 1 rings (SSSR count). The van der Waals surface area contributed by atoms with Gasteiger partial charge in [-0.2, -0.15) is 5.26 Å². The van der Waals surface area contributed by atoms with Crippen LogP contribution < -0.4 is 0 Å². The number of ketones is 1. The van der Waals surface area contributed by atoms with E-state index < -0.39 is 0 Å². The maximum absolute atomic E-state index is 11.6. The molecule has 0 aliphatic rings. The molecule has 2 nitrogen and oxygen atoms in total. The molecule has 0 fully saturated rings. The minimum atomic E-state index is 0.115. The summed E-state index contributed by atoms with van der Waals surface area (Å²) in [6, 6.07) is 8.95. The number of halogens is 1. The van der Waals surface area contributed by atoms with Crippen LogP contribution in [0.4, 0.5) is 0 Å². The van der Waals surface area contributed by atoms with E-state index in [2.05, 4.69) is 6.07 Å². The van der Waals surface area contributed by atoms with Crippen LogP contribution in [0.15, 0.2) is 24.3 Å². The van der Waals surface area contributed by atoms with Crippen molar-refractivity contribution in [2.24, 2.45) is 0 Å². The first-order chi connectivity index (χ1) is 7.24. The SMILES string of the molecule is N#CCCCCC(=O)c1ccc(Cl)cc1. The van der Waals surface area contributed by atoms with E-state index in [9.17, 15) is 4.79 Å². The summed E-state index contributed by atoms with van der Waals surface area (Å²) in [4.78, 5) is 11.6. The molecule has 0 saturated carbocycles. The highest BCUT2D eigenvalue weighted by Crippen LogP contribution is 2.12. The number of unbranched alkanes of at least 4 members (excludes halogenated alkanes) is 2. The fraction of sp³-hybridized carbons (Fsp3) is 0.333. The Labute approximate surface area is 94.5 Å². The van der Waals surface area contributed by atoms with Crippen LogP contribution in [-0.4, -0.2) is 5.78 Å². The Hall–Kier alpha value is -1.33. The Morgan fingerprint density at radius 2 is 1.93 bits per heavy atom. The van der Waals surface area contributed by atoms with Crippen LogP contribution >= 0.6 is 11.6 Å². The second-order valence-electron chi connectivity index (χ2n) is 3.30. The zero-order chi connectivity index (χ0) is 11.1. The number of carbonyl (C=O) groups is 1. The molecule has 0 N–H and O–H groups in total. The van der Waals surface area contributed by atoms with Crippen molar-refractivity contribution in [1.82, 2.24) is 0 Å². The monoisotopic (exact) mass is 221 g/mol. The number of hydrogen-bond acceptors (Lipinski definition) is 2. The first-order valence-electron chi connectivity index (χ1n) is 4.90. The number of hydrogen-bond donors (Lipinski definition) is 0. The third-order valence-electron chi connectivity index (χ3n) is 2.11. The maximum atomic E-state index is 11.6. The summed E-state index contributed by atoms with van der Waals surface area (Å²) in [5.41, 5.74) is 0.691. The summed E-state index contributed by atoms with van der Waals surface area (Å²) in [6.07, 6.45) is 2.59.